The van der Waals surface area contributed by atoms with Crippen LogP contribution in [-0.4, -0.2) is 57.6 Å². The van der Waals surface area contributed by atoms with Gasteiger partial charge in [-0.3, -0.25) is 10.00 Å². The summed E-state index contributed by atoms with van der Waals surface area (Å²) < 4.78 is 14.6. The van der Waals surface area contributed by atoms with Crippen molar-refractivity contribution in [3.05, 3.63) is 48.3 Å². The van der Waals surface area contributed by atoms with E-state index in [0.29, 0.717) is 12.4 Å². The van der Waals surface area contributed by atoms with Crippen molar-refractivity contribution in [2.24, 2.45) is 7.05 Å². The number of nitrogens with zero attached hydrogens (tertiary/aromatic N) is 4. The van der Waals surface area contributed by atoms with Gasteiger partial charge < -0.3 is 14.8 Å². The topological polar surface area (TPSA) is 95.2 Å². The highest BCUT2D eigenvalue weighted by Crippen LogP contribution is 2.30. The molecule has 1 fully saturated rings. The van der Waals surface area contributed by atoms with E-state index < -0.39 is 0 Å². The number of nitrogens with one attached hydrogen (secondary N) is 2. The maximum Gasteiger partial charge on any atom is 0.320 e. The number of methoxy groups -OCH3 is 1. The third-order valence-corrected chi connectivity index (χ3v) is 5.78. The molecule has 1 aromatic carbocycles. The van der Waals surface area contributed by atoms with Crippen LogP contribution in [0.3, 0.4) is 0 Å². The maximum absolute atomic E-state index is 13.0. The van der Waals surface area contributed by atoms with Crippen LogP contribution in [0, 0.1) is 6.92 Å². The molecule has 1 aliphatic rings. The van der Waals surface area contributed by atoms with Crippen molar-refractivity contribution in [3.8, 4) is 16.9 Å². The maximum atomic E-state index is 13.0. The van der Waals surface area contributed by atoms with Crippen LogP contribution < -0.4 is 10.6 Å². The van der Waals surface area contributed by atoms with Gasteiger partial charge in [-0.05, 0) is 38.8 Å². The lowest BCUT2D eigenvalue weighted by Gasteiger charge is -2.17. The lowest BCUT2D eigenvalue weighted by molar-refractivity contribution is 0.0311. The monoisotopic (exact) mass is 438 g/mol. The summed E-state index contributed by atoms with van der Waals surface area (Å²) in [5.74, 6) is 0.620. The van der Waals surface area contributed by atoms with Crippen molar-refractivity contribution < 1.29 is 14.3 Å². The number of carbonyl (C=O) groups is 1. The molecule has 4 rings (SSSR count). The quantitative estimate of drug-likeness (QED) is 0.590. The second kappa shape index (κ2) is 9.54. The van der Waals surface area contributed by atoms with Gasteiger partial charge in [-0.1, -0.05) is 18.2 Å². The number of anilines is 1. The van der Waals surface area contributed by atoms with Crippen molar-refractivity contribution in [2.75, 3.05) is 19.0 Å². The summed E-state index contributed by atoms with van der Waals surface area (Å²) in [5.41, 5.74) is 3.39. The molecular formula is C23H30N6O3. The van der Waals surface area contributed by atoms with Gasteiger partial charge in [-0.2, -0.15) is 10.2 Å². The zero-order valence-corrected chi connectivity index (χ0v) is 18.9. The lowest BCUT2D eigenvalue weighted by atomic mass is 10.1. The molecule has 3 atom stereocenters. The van der Waals surface area contributed by atoms with Gasteiger partial charge in [0.15, 0.2) is 0 Å². The lowest BCUT2D eigenvalue weighted by Crippen LogP contribution is -2.42. The third kappa shape index (κ3) is 4.68. The Morgan fingerprint density at radius 1 is 1.31 bits per heavy atom. The van der Waals surface area contributed by atoms with E-state index in [4.69, 9.17) is 14.6 Å². The van der Waals surface area contributed by atoms with Crippen LogP contribution in [0.5, 0.6) is 0 Å². The number of aryl methyl sites for hydroxylation is 1. The van der Waals surface area contributed by atoms with Crippen molar-refractivity contribution in [3.63, 3.8) is 0 Å². The number of aromatic nitrogens is 4. The van der Waals surface area contributed by atoms with Crippen molar-refractivity contribution in [1.82, 2.24) is 24.9 Å². The summed E-state index contributed by atoms with van der Waals surface area (Å²) in [6, 6.07) is 9.39. The molecule has 1 saturated heterocycles. The number of ether oxygens (including phenoxy) is 2. The Morgan fingerprint density at radius 3 is 2.78 bits per heavy atom. The molecule has 2 amide bonds. The fourth-order valence-electron chi connectivity index (χ4n) is 4.07. The summed E-state index contributed by atoms with van der Waals surface area (Å²) in [5, 5.41) is 15.1. The highest BCUT2D eigenvalue weighted by Gasteiger charge is 2.33. The Kier molecular flexibility index (Phi) is 6.57. The molecule has 2 N–H and O–H groups in total. The Balaban J connectivity index is 1.56. The van der Waals surface area contributed by atoms with Crippen molar-refractivity contribution >= 4 is 11.8 Å². The van der Waals surface area contributed by atoms with Gasteiger partial charge >= 0.3 is 6.03 Å². The average Bonchev–Trinajstić information content (AvgIpc) is 3.45. The highest BCUT2D eigenvalue weighted by atomic mass is 16.5. The van der Waals surface area contributed by atoms with E-state index in [1.807, 2.05) is 57.4 Å². The van der Waals surface area contributed by atoms with Crippen LogP contribution in [0.1, 0.15) is 25.3 Å². The molecule has 1 unspecified atom stereocenters. The van der Waals surface area contributed by atoms with E-state index in [2.05, 4.69) is 15.7 Å². The molecule has 0 bridgehead atoms. The summed E-state index contributed by atoms with van der Waals surface area (Å²) >= 11 is 0. The number of urea groups is 1. The van der Waals surface area contributed by atoms with Gasteiger partial charge in [0, 0.05) is 38.1 Å². The minimum atomic E-state index is -0.282. The standard InChI is InChI=1S/C23H30N6O3/c1-15-21(17-13-24-28(3)14-17)27-29(18-8-6-5-7-9-18)22(15)26-23(30)25-20-12-19(10-11-31-4)32-16(20)2/h5-9,13-14,16,19-20H,10-12H2,1-4H3,(H2,25,26,30)/t16-,19?,20+/m0/s1. The molecule has 32 heavy (non-hydrogen) atoms. The molecule has 0 saturated carbocycles. The van der Waals surface area contributed by atoms with Gasteiger partial charge in [0.2, 0.25) is 0 Å². The van der Waals surface area contributed by atoms with E-state index in [1.54, 1.807) is 22.7 Å². The first kappa shape index (κ1) is 22.0. The molecule has 170 valence electrons. The molecule has 0 aliphatic carbocycles. The van der Waals surface area contributed by atoms with E-state index in [0.717, 1.165) is 35.3 Å². The average molecular weight is 439 g/mol. The second-order valence-electron chi connectivity index (χ2n) is 8.16. The van der Waals surface area contributed by atoms with Crippen LogP contribution >= 0.6 is 0 Å². The zero-order chi connectivity index (χ0) is 22.7. The van der Waals surface area contributed by atoms with Gasteiger partial charge in [0.25, 0.3) is 0 Å². The number of carbonyl (C=O) groups excluding carboxylic acids is 1. The molecule has 9 nitrogen and oxygen atoms in total. The number of hydrogen-bond donors (Lipinski definition) is 2. The number of benzene rings is 1. The first-order valence-corrected chi connectivity index (χ1v) is 10.8. The third-order valence-electron chi connectivity index (χ3n) is 5.78. The van der Waals surface area contributed by atoms with Crippen molar-refractivity contribution in [2.45, 2.75) is 44.9 Å². The molecule has 9 heteroatoms. The molecule has 3 aromatic rings. The Labute approximate surface area is 187 Å². The Morgan fingerprint density at radius 2 is 2.09 bits per heavy atom. The first-order valence-electron chi connectivity index (χ1n) is 10.8. The SMILES string of the molecule is COCCC1C[C@@H](NC(=O)Nc2c(C)c(-c3cnn(C)c3)nn2-c2ccccc2)[C@H](C)O1. The van der Waals surface area contributed by atoms with Gasteiger partial charge in [0.05, 0.1) is 30.1 Å². The number of amides is 2. The Hall–Kier alpha value is -3.17. The normalized spacial score (nSPS) is 20.4. The summed E-state index contributed by atoms with van der Waals surface area (Å²) in [4.78, 5) is 13.0. The fourth-order valence-corrected chi connectivity index (χ4v) is 4.07. The smallest absolute Gasteiger partial charge is 0.320 e. The van der Waals surface area contributed by atoms with Crippen molar-refractivity contribution in [1.29, 1.82) is 0 Å². The van der Waals surface area contributed by atoms with Crippen LogP contribution in [0.25, 0.3) is 16.9 Å². The first-order chi connectivity index (χ1) is 15.5. The van der Waals surface area contributed by atoms with E-state index >= 15 is 0 Å². The van der Waals surface area contributed by atoms with E-state index in [-0.39, 0.29) is 24.3 Å². The summed E-state index contributed by atoms with van der Waals surface area (Å²) in [6.45, 7) is 4.58. The summed E-state index contributed by atoms with van der Waals surface area (Å²) in [7, 11) is 3.55. The van der Waals surface area contributed by atoms with Crippen LogP contribution in [0.2, 0.25) is 0 Å². The Bertz CT molecular complexity index is 1060. The molecule has 3 heterocycles. The van der Waals surface area contributed by atoms with E-state index in [9.17, 15) is 4.79 Å². The minimum Gasteiger partial charge on any atom is -0.385 e. The largest absolute Gasteiger partial charge is 0.385 e. The number of rotatable bonds is 7. The molecule has 1 aliphatic heterocycles. The zero-order valence-electron chi connectivity index (χ0n) is 18.9. The molecule has 0 radical (unpaired) electrons. The highest BCUT2D eigenvalue weighted by molar-refractivity contribution is 5.91. The number of para-hydroxylation sites is 1. The molecule has 2 aromatic heterocycles. The predicted octanol–water partition coefficient (Wildman–Crippen LogP) is 3.29. The minimum absolute atomic E-state index is 0.0614. The molecule has 0 spiro atoms. The molecular weight excluding hydrogens is 408 g/mol. The fraction of sp³-hybridized carbons (Fsp3) is 0.435. The van der Waals surface area contributed by atoms with Gasteiger partial charge in [0.1, 0.15) is 11.5 Å². The predicted molar refractivity (Wildman–Crippen MR) is 122 cm³/mol. The van der Waals surface area contributed by atoms with E-state index in [1.165, 1.54) is 0 Å². The second-order valence-corrected chi connectivity index (χ2v) is 8.16. The van der Waals surface area contributed by atoms with Crippen LogP contribution in [-0.2, 0) is 16.5 Å². The van der Waals surface area contributed by atoms with Gasteiger partial charge in [-0.25, -0.2) is 9.48 Å². The van der Waals surface area contributed by atoms with Crippen LogP contribution in [0.15, 0.2) is 42.7 Å². The number of hydrogen-bond acceptors (Lipinski definition) is 5. The summed E-state index contributed by atoms with van der Waals surface area (Å²) in [6.07, 6.45) is 5.28. The van der Waals surface area contributed by atoms with Gasteiger partial charge in [-0.15, -0.1) is 0 Å². The van der Waals surface area contributed by atoms with Crippen LogP contribution in [0.4, 0.5) is 10.6 Å².